The molecule has 1 amide bonds. The molecule has 3 aromatic rings. The van der Waals surface area contributed by atoms with Gasteiger partial charge >= 0.3 is 0 Å². The molecule has 0 saturated carbocycles. The lowest BCUT2D eigenvalue weighted by Gasteiger charge is -2.19. The van der Waals surface area contributed by atoms with Crippen LogP contribution < -0.4 is 10.2 Å². The van der Waals surface area contributed by atoms with Gasteiger partial charge in [0, 0.05) is 31.9 Å². The molecule has 5 nitrogen and oxygen atoms in total. The van der Waals surface area contributed by atoms with Crippen molar-refractivity contribution in [2.75, 3.05) is 25.0 Å². The molecular weight excluding hydrogens is 343 g/mol. The van der Waals surface area contributed by atoms with E-state index in [1.54, 1.807) is 0 Å². The fraction of sp³-hybridized carbons (Fsp3) is 0.286. The lowest BCUT2D eigenvalue weighted by Crippen LogP contribution is -2.28. The van der Waals surface area contributed by atoms with Crippen molar-refractivity contribution < 1.29 is 9.18 Å². The molecular formula is C21H23FN4O. The van der Waals surface area contributed by atoms with Gasteiger partial charge in [-0.15, -0.1) is 0 Å². The third-order valence-corrected chi connectivity index (χ3v) is 4.54. The topological polar surface area (TPSA) is 58.1 Å². The zero-order chi connectivity index (χ0) is 19.4. The lowest BCUT2D eigenvalue weighted by molar-refractivity contribution is 0.0954. The molecule has 1 heterocycles. The first kappa shape index (κ1) is 18.8. The highest BCUT2D eigenvalue weighted by Gasteiger charge is 2.15. The minimum absolute atomic E-state index is 0.219. The van der Waals surface area contributed by atoms with Crippen LogP contribution in [0.15, 0.2) is 42.5 Å². The fourth-order valence-electron chi connectivity index (χ4n) is 2.90. The predicted molar refractivity (Wildman–Crippen MR) is 106 cm³/mol. The third-order valence-electron chi connectivity index (χ3n) is 4.54. The summed E-state index contributed by atoms with van der Waals surface area (Å²) in [5, 5.41) is 2.86. The zero-order valence-corrected chi connectivity index (χ0v) is 15.8. The molecule has 0 atom stereocenters. The number of nitrogens with one attached hydrogen (secondary N) is 1. The molecule has 0 radical (unpaired) electrons. The fourth-order valence-corrected chi connectivity index (χ4v) is 2.90. The first-order valence-electron chi connectivity index (χ1n) is 8.94. The van der Waals surface area contributed by atoms with E-state index in [-0.39, 0.29) is 11.5 Å². The molecule has 0 aliphatic rings. The number of hydrogen-bond acceptors (Lipinski definition) is 4. The summed E-state index contributed by atoms with van der Waals surface area (Å²) in [5.41, 5.74) is 3.62. The number of carbonyl (C=O) groups excluding carboxylic acids is 1. The van der Waals surface area contributed by atoms with Crippen molar-refractivity contribution in [3.63, 3.8) is 0 Å². The maximum atomic E-state index is 13.9. The van der Waals surface area contributed by atoms with E-state index in [1.165, 1.54) is 12.1 Å². The Morgan fingerprint density at radius 1 is 1.11 bits per heavy atom. The minimum Gasteiger partial charge on any atom is -0.375 e. The number of rotatable bonds is 6. The van der Waals surface area contributed by atoms with Gasteiger partial charge in [-0.2, -0.15) is 0 Å². The molecule has 0 saturated heterocycles. The Kier molecular flexibility index (Phi) is 5.64. The number of halogens is 1. The van der Waals surface area contributed by atoms with Crippen LogP contribution in [-0.4, -0.2) is 36.0 Å². The Morgan fingerprint density at radius 2 is 1.81 bits per heavy atom. The molecule has 6 heteroatoms. The Bertz CT molecular complexity index is 959. The standard InChI is InChI=1S/C21H23FN4O/c1-14-15(2)25-20-18(12-16(22)13-19(20)24-14)21(27)23-10-7-11-26(3)17-8-5-4-6-9-17/h4-6,8-9,12-13H,7,10-11H2,1-3H3,(H,23,27). The molecule has 0 aliphatic carbocycles. The van der Waals surface area contributed by atoms with Gasteiger partial charge in [-0.25, -0.2) is 14.4 Å². The predicted octanol–water partition coefficient (Wildman–Crippen LogP) is 3.64. The van der Waals surface area contributed by atoms with E-state index >= 15 is 0 Å². The normalized spacial score (nSPS) is 10.8. The largest absolute Gasteiger partial charge is 0.375 e. The molecule has 1 aromatic heterocycles. The molecule has 1 N–H and O–H groups in total. The number of amides is 1. The highest BCUT2D eigenvalue weighted by atomic mass is 19.1. The first-order chi connectivity index (χ1) is 13.0. The van der Waals surface area contributed by atoms with Crippen molar-refractivity contribution in [3.05, 3.63) is 65.2 Å². The van der Waals surface area contributed by atoms with Crippen LogP contribution in [0.25, 0.3) is 11.0 Å². The van der Waals surface area contributed by atoms with Crippen molar-refractivity contribution in [2.45, 2.75) is 20.3 Å². The van der Waals surface area contributed by atoms with E-state index in [4.69, 9.17) is 0 Å². The van der Waals surface area contributed by atoms with E-state index in [9.17, 15) is 9.18 Å². The maximum absolute atomic E-state index is 13.9. The Hall–Kier alpha value is -3.02. The van der Waals surface area contributed by atoms with Gasteiger partial charge in [0.1, 0.15) is 11.3 Å². The van der Waals surface area contributed by atoms with Crippen LogP contribution in [0.3, 0.4) is 0 Å². The van der Waals surface area contributed by atoms with Gasteiger partial charge in [-0.3, -0.25) is 4.79 Å². The number of carbonyl (C=O) groups is 1. The summed E-state index contributed by atoms with van der Waals surface area (Å²) < 4.78 is 13.9. The van der Waals surface area contributed by atoms with Gasteiger partial charge in [0.05, 0.1) is 22.5 Å². The summed E-state index contributed by atoms with van der Waals surface area (Å²) >= 11 is 0. The molecule has 3 rings (SSSR count). The van der Waals surface area contributed by atoms with Crippen molar-refractivity contribution in [3.8, 4) is 0 Å². The number of hydrogen-bond donors (Lipinski definition) is 1. The van der Waals surface area contributed by atoms with E-state index in [1.807, 2.05) is 51.2 Å². The smallest absolute Gasteiger partial charge is 0.253 e. The second kappa shape index (κ2) is 8.12. The van der Waals surface area contributed by atoms with Crippen LogP contribution in [0.1, 0.15) is 28.2 Å². The summed E-state index contributed by atoms with van der Waals surface area (Å²) in [6.07, 6.45) is 0.772. The molecule has 0 spiro atoms. The maximum Gasteiger partial charge on any atom is 0.253 e. The van der Waals surface area contributed by atoms with E-state index in [0.717, 1.165) is 30.0 Å². The second-order valence-electron chi connectivity index (χ2n) is 6.58. The van der Waals surface area contributed by atoms with Crippen LogP contribution in [0.5, 0.6) is 0 Å². The molecule has 0 aliphatic heterocycles. The van der Waals surface area contributed by atoms with Crippen LogP contribution in [-0.2, 0) is 0 Å². The number of para-hydroxylation sites is 1. The molecule has 0 bridgehead atoms. The Labute approximate surface area is 158 Å². The number of benzene rings is 2. The number of anilines is 1. The van der Waals surface area contributed by atoms with Gasteiger partial charge in [0.2, 0.25) is 0 Å². The molecule has 27 heavy (non-hydrogen) atoms. The Balaban J connectivity index is 1.65. The van der Waals surface area contributed by atoms with Gasteiger partial charge in [0.25, 0.3) is 5.91 Å². The second-order valence-corrected chi connectivity index (χ2v) is 6.58. The monoisotopic (exact) mass is 366 g/mol. The van der Waals surface area contributed by atoms with Gasteiger partial charge in [-0.1, -0.05) is 18.2 Å². The van der Waals surface area contributed by atoms with Crippen LogP contribution in [0.2, 0.25) is 0 Å². The number of aromatic nitrogens is 2. The van der Waals surface area contributed by atoms with Crippen molar-refractivity contribution in [1.82, 2.24) is 15.3 Å². The average molecular weight is 366 g/mol. The summed E-state index contributed by atoms with van der Waals surface area (Å²) in [5.74, 6) is -0.826. The molecule has 0 fully saturated rings. The van der Waals surface area contributed by atoms with Gasteiger partial charge < -0.3 is 10.2 Å². The van der Waals surface area contributed by atoms with E-state index in [2.05, 4.69) is 20.2 Å². The summed E-state index contributed by atoms with van der Waals surface area (Å²) in [7, 11) is 2.01. The van der Waals surface area contributed by atoms with E-state index in [0.29, 0.717) is 17.6 Å². The van der Waals surface area contributed by atoms with Crippen molar-refractivity contribution in [1.29, 1.82) is 0 Å². The van der Waals surface area contributed by atoms with Crippen molar-refractivity contribution >= 4 is 22.6 Å². The SMILES string of the molecule is Cc1nc2cc(F)cc(C(=O)NCCCN(C)c3ccccc3)c2nc1C. The molecule has 140 valence electrons. The highest BCUT2D eigenvalue weighted by Crippen LogP contribution is 2.19. The zero-order valence-electron chi connectivity index (χ0n) is 15.8. The lowest BCUT2D eigenvalue weighted by atomic mass is 10.1. The molecule has 2 aromatic carbocycles. The summed E-state index contributed by atoms with van der Waals surface area (Å²) in [6.45, 7) is 4.93. The highest BCUT2D eigenvalue weighted by molar-refractivity contribution is 6.04. The minimum atomic E-state index is -0.492. The van der Waals surface area contributed by atoms with Gasteiger partial charge in [0.15, 0.2) is 0 Å². The van der Waals surface area contributed by atoms with Crippen LogP contribution in [0.4, 0.5) is 10.1 Å². The summed E-state index contributed by atoms with van der Waals surface area (Å²) in [4.78, 5) is 23.5. The molecule has 0 unspecified atom stereocenters. The Morgan fingerprint density at radius 3 is 2.56 bits per heavy atom. The summed E-state index contributed by atoms with van der Waals surface area (Å²) in [6, 6.07) is 12.6. The van der Waals surface area contributed by atoms with Gasteiger partial charge in [-0.05, 0) is 38.5 Å². The number of aryl methyl sites for hydroxylation is 2. The third kappa shape index (κ3) is 4.39. The van der Waals surface area contributed by atoms with E-state index < -0.39 is 5.82 Å². The van der Waals surface area contributed by atoms with Crippen LogP contribution >= 0.6 is 0 Å². The van der Waals surface area contributed by atoms with Crippen molar-refractivity contribution in [2.24, 2.45) is 0 Å². The van der Waals surface area contributed by atoms with Crippen LogP contribution in [0, 0.1) is 19.7 Å². The number of fused-ring (bicyclic) bond motifs is 1. The first-order valence-corrected chi connectivity index (χ1v) is 8.94. The quantitative estimate of drug-likeness (QED) is 0.677. The average Bonchev–Trinajstić information content (AvgIpc) is 2.66. The number of nitrogens with zero attached hydrogens (tertiary/aromatic N) is 3.